The van der Waals surface area contributed by atoms with Gasteiger partial charge in [0.05, 0.1) is 16.7 Å². The Morgan fingerprint density at radius 1 is 0.724 bits per heavy atom. The number of hydrogen-bond acceptors (Lipinski definition) is 0. The van der Waals surface area contributed by atoms with Gasteiger partial charge in [-0.2, -0.15) is 0 Å². The maximum atomic E-state index is 6.42. The quantitative estimate of drug-likeness (QED) is 0.249. The molecule has 1 aromatic heterocycles. The lowest BCUT2D eigenvalue weighted by Crippen LogP contribution is -2.15. The molecule has 7 rings (SSSR count). The van der Waals surface area contributed by atoms with Crippen molar-refractivity contribution in [3.8, 4) is 27.9 Å². The molecule has 5 aromatic rings. The summed E-state index contributed by atoms with van der Waals surface area (Å²) >= 11 is 6.42. The van der Waals surface area contributed by atoms with Gasteiger partial charge in [0.25, 0.3) is 0 Å². The first-order chi connectivity index (χ1) is 14.1. The number of halogens is 1. The van der Waals surface area contributed by atoms with Crippen LogP contribution in [0.4, 0.5) is 0 Å². The van der Waals surface area contributed by atoms with E-state index in [1.807, 2.05) is 6.07 Å². The van der Waals surface area contributed by atoms with Gasteiger partial charge in [0, 0.05) is 32.3 Å². The third-order valence-electron chi connectivity index (χ3n) is 6.99. The predicted molar refractivity (Wildman–Crippen MR) is 122 cm³/mol. The van der Waals surface area contributed by atoms with E-state index in [2.05, 4.69) is 85.1 Å². The van der Waals surface area contributed by atoms with Crippen LogP contribution >= 0.6 is 11.6 Å². The largest absolute Gasteiger partial charge is 0.308 e. The summed E-state index contributed by atoms with van der Waals surface area (Å²) in [7, 11) is 0. The van der Waals surface area contributed by atoms with Gasteiger partial charge in [0.15, 0.2) is 0 Å². The zero-order valence-electron chi connectivity index (χ0n) is 16.3. The predicted octanol–water partition coefficient (Wildman–Crippen LogP) is 7.72. The molecule has 1 aliphatic carbocycles. The Morgan fingerprint density at radius 2 is 1.52 bits per heavy atom. The molecule has 0 amide bonds. The molecule has 1 aliphatic heterocycles. The molecule has 2 aliphatic rings. The number of nitrogens with zero attached hydrogens (tertiary/aromatic N) is 1. The summed E-state index contributed by atoms with van der Waals surface area (Å²) in [6, 6.07) is 26.5. The van der Waals surface area contributed by atoms with Gasteiger partial charge in [-0.05, 0) is 46.5 Å². The topological polar surface area (TPSA) is 4.93 Å². The van der Waals surface area contributed by atoms with Crippen molar-refractivity contribution in [1.29, 1.82) is 0 Å². The van der Waals surface area contributed by atoms with Crippen molar-refractivity contribution >= 4 is 33.4 Å². The second kappa shape index (κ2) is 4.93. The SMILES string of the molecule is CC1(C)c2cccc3c2-c2c1ccc1c4cc(Cl)ccc4n(c21)-c1ccccc1-3. The van der Waals surface area contributed by atoms with Gasteiger partial charge in [-0.15, -0.1) is 0 Å². The maximum Gasteiger partial charge on any atom is 0.0623 e. The van der Waals surface area contributed by atoms with Gasteiger partial charge in [0.2, 0.25) is 0 Å². The molecular formula is C27H18ClN. The number of hydrogen-bond donors (Lipinski definition) is 0. The molecule has 0 saturated heterocycles. The molecule has 2 heteroatoms. The summed E-state index contributed by atoms with van der Waals surface area (Å²) in [5.41, 5.74) is 12.0. The Morgan fingerprint density at radius 3 is 2.41 bits per heavy atom. The Bertz CT molecular complexity index is 1530. The van der Waals surface area contributed by atoms with Gasteiger partial charge in [-0.3, -0.25) is 0 Å². The molecule has 1 nitrogen and oxygen atoms in total. The van der Waals surface area contributed by atoms with Gasteiger partial charge < -0.3 is 4.57 Å². The lowest BCUT2D eigenvalue weighted by Gasteiger charge is -2.22. The summed E-state index contributed by atoms with van der Waals surface area (Å²) < 4.78 is 2.46. The molecular weight excluding hydrogens is 374 g/mol. The monoisotopic (exact) mass is 391 g/mol. The van der Waals surface area contributed by atoms with Crippen molar-refractivity contribution in [2.24, 2.45) is 0 Å². The van der Waals surface area contributed by atoms with Crippen molar-refractivity contribution in [2.45, 2.75) is 19.3 Å². The van der Waals surface area contributed by atoms with Crippen LogP contribution in [-0.2, 0) is 5.41 Å². The molecule has 0 radical (unpaired) electrons. The molecule has 2 heterocycles. The number of fused-ring (bicyclic) bond motifs is 6. The van der Waals surface area contributed by atoms with Crippen molar-refractivity contribution in [2.75, 3.05) is 0 Å². The summed E-state index contributed by atoms with van der Waals surface area (Å²) in [4.78, 5) is 0. The number of para-hydroxylation sites is 1. The highest BCUT2D eigenvalue weighted by molar-refractivity contribution is 6.32. The van der Waals surface area contributed by atoms with E-state index in [0.717, 1.165) is 5.02 Å². The molecule has 0 fully saturated rings. The normalized spacial score (nSPS) is 15.0. The minimum atomic E-state index is -0.0138. The van der Waals surface area contributed by atoms with E-state index >= 15 is 0 Å². The lowest BCUT2D eigenvalue weighted by atomic mass is 9.81. The molecule has 4 aromatic carbocycles. The third kappa shape index (κ3) is 1.70. The summed E-state index contributed by atoms with van der Waals surface area (Å²) in [5.74, 6) is 0. The second-order valence-electron chi connectivity index (χ2n) is 8.75. The van der Waals surface area contributed by atoms with Crippen LogP contribution in [0.5, 0.6) is 0 Å². The average molecular weight is 392 g/mol. The molecule has 0 N–H and O–H groups in total. The van der Waals surface area contributed by atoms with E-state index in [1.54, 1.807) is 0 Å². The Balaban J connectivity index is 1.87. The molecule has 0 saturated carbocycles. The Labute approximate surface area is 174 Å². The number of benzene rings is 4. The van der Waals surface area contributed by atoms with Crippen LogP contribution in [0.1, 0.15) is 25.0 Å². The van der Waals surface area contributed by atoms with Gasteiger partial charge in [-0.1, -0.05) is 74.0 Å². The molecule has 0 unspecified atom stereocenters. The maximum absolute atomic E-state index is 6.42. The smallest absolute Gasteiger partial charge is 0.0623 e. The van der Waals surface area contributed by atoms with Crippen molar-refractivity contribution < 1.29 is 0 Å². The van der Waals surface area contributed by atoms with Crippen molar-refractivity contribution in [3.63, 3.8) is 0 Å². The highest BCUT2D eigenvalue weighted by Gasteiger charge is 2.40. The lowest BCUT2D eigenvalue weighted by molar-refractivity contribution is 0.661. The molecule has 0 atom stereocenters. The average Bonchev–Trinajstić information content (AvgIpc) is 3.12. The van der Waals surface area contributed by atoms with Crippen LogP contribution in [0.25, 0.3) is 49.7 Å². The van der Waals surface area contributed by atoms with Crippen molar-refractivity contribution in [3.05, 3.63) is 88.9 Å². The molecule has 29 heavy (non-hydrogen) atoms. The van der Waals surface area contributed by atoms with Crippen LogP contribution < -0.4 is 0 Å². The minimum absolute atomic E-state index is 0.0138. The fourth-order valence-corrected chi connectivity index (χ4v) is 5.88. The van der Waals surface area contributed by atoms with E-state index in [0.29, 0.717) is 0 Å². The highest BCUT2D eigenvalue weighted by atomic mass is 35.5. The van der Waals surface area contributed by atoms with E-state index in [1.165, 1.54) is 60.9 Å². The van der Waals surface area contributed by atoms with Gasteiger partial charge in [-0.25, -0.2) is 0 Å². The zero-order valence-corrected chi connectivity index (χ0v) is 17.0. The van der Waals surface area contributed by atoms with Gasteiger partial charge in [0.1, 0.15) is 0 Å². The molecule has 0 spiro atoms. The van der Waals surface area contributed by atoms with E-state index in [4.69, 9.17) is 11.6 Å². The first-order valence-corrected chi connectivity index (χ1v) is 10.5. The van der Waals surface area contributed by atoms with Crippen LogP contribution in [0, 0.1) is 0 Å². The number of rotatable bonds is 0. The Hall–Kier alpha value is -3.03. The fraction of sp³-hybridized carbons (Fsp3) is 0.111. The van der Waals surface area contributed by atoms with Crippen LogP contribution in [0.15, 0.2) is 72.8 Å². The highest BCUT2D eigenvalue weighted by Crippen LogP contribution is 2.57. The summed E-state index contributed by atoms with van der Waals surface area (Å²) in [5, 5.41) is 3.27. The summed E-state index contributed by atoms with van der Waals surface area (Å²) in [6.07, 6.45) is 0. The third-order valence-corrected chi connectivity index (χ3v) is 7.22. The van der Waals surface area contributed by atoms with Crippen LogP contribution in [0.2, 0.25) is 5.02 Å². The standard InChI is InChI=1S/C27H18ClN/c1-27(2)20-8-5-7-17-16-6-3-4-9-22(16)29-23-13-10-15(28)14-19(23)18-11-12-21(27)25(24(17)20)26(18)29/h3-14H,1-2H3. The van der Waals surface area contributed by atoms with Gasteiger partial charge >= 0.3 is 0 Å². The van der Waals surface area contributed by atoms with E-state index in [9.17, 15) is 0 Å². The molecule has 0 bridgehead atoms. The van der Waals surface area contributed by atoms with E-state index < -0.39 is 0 Å². The fourth-order valence-electron chi connectivity index (χ4n) is 5.71. The van der Waals surface area contributed by atoms with Crippen LogP contribution in [0.3, 0.4) is 0 Å². The second-order valence-corrected chi connectivity index (χ2v) is 9.19. The minimum Gasteiger partial charge on any atom is -0.308 e. The first-order valence-electron chi connectivity index (χ1n) is 10.1. The first kappa shape index (κ1) is 15.8. The Kier molecular flexibility index (Phi) is 2.69. The van der Waals surface area contributed by atoms with Crippen molar-refractivity contribution in [1.82, 2.24) is 4.57 Å². The van der Waals surface area contributed by atoms with Crippen LogP contribution in [-0.4, -0.2) is 4.57 Å². The van der Waals surface area contributed by atoms with E-state index in [-0.39, 0.29) is 5.41 Å². The number of aromatic nitrogens is 1. The molecule has 138 valence electrons. The zero-order chi connectivity index (χ0) is 19.5. The summed E-state index contributed by atoms with van der Waals surface area (Å²) in [6.45, 7) is 4.70.